The summed E-state index contributed by atoms with van der Waals surface area (Å²) in [6.45, 7) is 8.05. The van der Waals surface area contributed by atoms with E-state index in [1.165, 1.54) is 6.92 Å². The number of carbonyl (C=O) groups is 1. The van der Waals surface area contributed by atoms with Crippen molar-refractivity contribution in [3.8, 4) is 0 Å². The number of nitrogens with one attached hydrogen (secondary N) is 1. The number of pyridine rings is 2. The lowest BCUT2D eigenvalue weighted by Gasteiger charge is -2.11. The van der Waals surface area contributed by atoms with Gasteiger partial charge in [-0.2, -0.15) is 0 Å². The second kappa shape index (κ2) is 11.5. The lowest BCUT2D eigenvalue weighted by molar-refractivity contribution is -0.117. The van der Waals surface area contributed by atoms with Gasteiger partial charge < -0.3 is 26.1 Å². The number of nitrogens with zero attached hydrogens (tertiary/aromatic N) is 4. The highest BCUT2D eigenvalue weighted by atomic mass is 19.1. The van der Waals surface area contributed by atoms with Crippen molar-refractivity contribution < 1.29 is 18.3 Å². The van der Waals surface area contributed by atoms with Gasteiger partial charge >= 0.3 is 0 Å². The number of unbranched alkanes of at least 4 members (excludes halogenated alkanes) is 1. The topological polar surface area (TPSA) is 134 Å². The Bertz CT molecular complexity index is 1310. The van der Waals surface area contributed by atoms with Gasteiger partial charge in [-0.25, -0.2) is 18.7 Å². The van der Waals surface area contributed by atoms with Crippen LogP contribution in [0.5, 0.6) is 0 Å². The van der Waals surface area contributed by atoms with Gasteiger partial charge in [0.25, 0.3) is 0 Å². The maximum Gasteiger partial charge on any atom is 0.247 e. The Morgan fingerprint density at radius 3 is 2.77 bits per heavy atom. The number of rotatable bonds is 11. The molecule has 35 heavy (non-hydrogen) atoms. The highest BCUT2D eigenvalue weighted by molar-refractivity contribution is 6.04. The monoisotopic (exact) mass is 485 g/mol. The first-order valence-electron chi connectivity index (χ1n) is 11.2. The Morgan fingerprint density at radius 2 is 2.06 bits per heavy atom. The van der Waals surface area contributed by atoms with Gasteiger partial charge in [0.1, 0.15) is 46.3 Å². The molecule has 0 aromatic carbocycles. The van der Waals surface area contributed by atoms with Crippen LogP contribution in [0.1, 0.15) is 32.5 Å². The van der Waals surface area contributed by atoms with Gasteiger partial charge in [-0.15, -0.1) is 0 Å². The SMILES string of the molecule is C=C(F)/C(N)=C(F)\C=C(/C)C(=O)NCCCCn1c(COCC)nc2c(N)nc3cccnc3c21. The molecule has 0 unspecified atom stereocenters. The van der Waals surface area contributed by atoms with E-state index in [0.717, 1.165) is 11.6 Å². The van der Waals surface area contributed by atoms with Crippen molar-refractivity contribution in [3.05, 3.63) is 59.7 Å². The number of hydrogen-bond acceptors (Lipinski definition) is 7. The largest absolute Gasteiger partial charge is 0.394 e. The molecule has 0 fully saturated rings. The van der Waals surface area contributed by atoms with Gasteiger partial charge in [0, 0.05) is 31.5 Å². The summed E-state index contributed by atoms with van der Waals surface area (Å²) in [6, 6.07) is 3.64. The van der Waals surface area contributed by atoms with Gasteiger partial charge in [0.05, 0.1) is 5.52 Å². The zero-order valence-corrected chi connectivity index (χ0v) is 19.8. The zero-order valence-electron chi connectivity index (χ0n) is 19.8. The van der Waals surface area contributed by atoms with E-state index in [1.807, 2.05) is 17.6 Å². The smallest absolute Gasteiger partial charge is 0.247 e. The molecule has 0 radical (unpaired) electrons. The molecule has 3 rings (SSSR count). The van der Waals surface area contributed by atoms with Crippen LogP contribution in [0.2, 0.25) is 0 Å². The van der Waals surface area contributed by atoms with E-state index in [0.29, 0.717) is 67.3 Å². The minimum atomic E-state index is -1.09. The Balaban J connectivity index is 1.71. The standard InChI is InChI=1S/C24H29F2N7O2/c1-4-35-13-18-32-21-22(20-17(31-23(21)28)8-7-10-29-20)33(18)11-6-5-9-30-24(34)14(2)12-16(26)19(27)15(3)25/h7-8,10,12H,3-6,9,11,13,27H2,1-2H3,(H2,28,31)(H,30,34)/b14-12+,19-16-. The Hall–Kier alpha value is -3.86. The van der Waals surface area contributed by atoms with Crippen LogP contribution in [0.3, 0.4) is 0 Å². The number of fused-ring (bicyclic) bond motifs is 3. The number of halogens is 2. The summed E-state index contributed by atoms with van der Waals surface area (Å²) in [5, 5.41) is 2.72. The van der Waals surface area contributed by atoms with Crippen molar-refractivity contribution in [2.45, 2.75) is 39.8 Å². The van der Waals surface area contributed by atoms with Crippen molar-refractivity contribution in [2.75, 3.05) is 18.9 Å². The van der Waals surface area contributed by atoms with Gasteiger partial charge in [-0.3, -0.25) is 9.78 Å². The van der Waals surface area contributed by atoms with E-state index < -0.39 is 23.3 Å². The van der Waals surface area contributed by atoms with Crippen LogP contribution in [0.4, 0.5) is 14.6 Å². The third kappa shape index (κ3) is 5.99. The normalized spacial score (nSPS) is 12.7. The fraction of sp³-hybridized carbons (Fsp3) is 0.333. The summed E-state index contributed by atoms with van der Waals surface area (Å²) in [7, 11) is 0. The maximum atomic E-state index is 13.8. The number of ether oxygens (including phenoxy) is 1. The predicted octanol–water partition coefficient (Wildman–Crippen LogP) is 3.56. The molecule has 0 spiro atoms. The van der Waals surface area contributed by atoms with E-state index in [-0.39, 0.29) is 5.57 Å². The van der Waals surface area contributed by atoms with Gasteiger partial charge in [-0.1, -0.05) is 6.58 Å². The molecule has 0 saturated carbocycles. The van der Waals surface area contributed by atoms with Crippen LogP contribution in [0.15, 0.2) is 53.9 Å². The number of carbonyl (C=O) groups excluding carboxylic acids is 1. The van der Waals surface area contributed by atoms with Crippen molar-refractivity contribution >= 4 is 33.8 Å². The summed E-state index contributed by atoms with van der Waals surface area (Å²) in [5.41, 5.74) is 13.5. The zero-order chi connectivity index (χ0) is 25.5. The van der Waals surface area contributed by atoms with Crippen molar-refractivity contribution in [2.24, 2.45) is 5.73 Å². The van der Waals surface area contributed by atoms with E-state index in [4.69, 9.17) is 16.2 Å². The highest BCUT2D eigenvalue weighted by Gasteiger charge is 2.18. The molecule has 0 aliphatic heterocycles. The van der Waals surface area contributed by atoms with E-state index >= 15 is 0 Å². The summed E-state index contributed by atoms with van der Waals surface area (Å²) in [4.78, 5) is 25.8. The molecule has 1 amide bonds. The number of amides is 1. The molecule has 3 aromatic heterocycles. The molecule has 3 heterocycles. The van der Waals surface area contributed by atoms with Gasteiger partial charge in [0.2, 0.25) is 5.91 Å². The van der Waals surface area contributed by atoms with Crippen LogP contribution in [-0.2, 0) is 22.7 Å². The number of allylic oxidation sites excluding steroid dienone is 3. The second-order valence-corrected chi connectivity index (χ2v) is 7.84. The fourth-order valence-electron chi connectivity index (χ4n) is 3.51. The Morgan fingerprint density at radius 1 is 1.29 bits per heavy atom. The number of anilines is 1. The number of imidazole rings is 1. The van der Waals surface area contributed by atoms with Crippen molar-refractivity contribution in [3.63, 3.8) is 0 Å². The first-order valence-corrected chi connectivity index (χ1v) is 11.2. The third-order valence-corrected chi connectivity index (χ3v) is 5.32. The molecule has 3 aromatic rings. The molecule has 11 heteroatoms. The molecule has 186 valence electrons. The second-order valence-electron chi connectivity index (χ2n) is 7.84. The Labute approximate surface area is 201 Å². The Kier molecular flexibility index (Phi) is 8.48. The fourth-order valence-corrected chi connectivity index (χ4v) is 3.51. The van der Waals surface area contributed by atoms with Crippen LogP contribution in [0.25, 0.3) is 22.1 Å². The lowest BCUT2D eigenvalue weighted by atomic mass is 10.2. The number of aryl methyl sites for hydroxylation is 1. The number of nitrogens with two attached hydrogens (primary N) is 2. The lowest BCUT2D eigenvalue weighted by Crippen LogP contribution is -2.25. The van der Waals surface area contributed by atoms with E-state index in [1.54, 1.807) is 12.3 Å². The average Bonchev–Trinajstić information content (AvgIpc) is 3.20. The molecule has 0 atom stereocenters. The van der Waals surface area contributed by atoms with Crippen LogP contribution < -0.4 is 16.8 Å². The minimum Gasteiger partial charge on any atom is -0.394 e. The molecule has 0 aliphatic rings. The molecular formula is C24H29F2N7O2. The minimum absolute atomic E-state index is 0.0619. The highest BCUT2D eigenvalue weighted by Crippen LogP contribution is 2.28. The van der Waals surface area contributed by atoms with Crippen LogP contribution in [-0.4, -0.2) is 38.6 Å². The first-order chi connectivity index (χ1) is 16.7. The molecule has 5 N–H and O–H groups in total. The molecular weight excluding hydrogens is 456 g/mol. The summed E-state index contributed by atoms with van der Waals surface area (Å²) in [5.74, 6) is -1.58. The number of nitrogen functional groups attached to an aromatic ring is 1. The predicted molar refractivity (Wildman–Crippen MR) is 131 cm³/mol. The quantitative estimate of drug-likeness (QED) is 0.215. The molecule has 0 saturated heterocycles. The number of hydrogen-bond donors (Lipinski definition) is 3. The molecule has 0 bridgehead atoms. The van der Waals surface area contributed by atoms with E-state index in [2.05, 4.69) is 26.8 Å². The van der Waals surface area contributed by atoms with Gasteiger partial charge in [0.15, 0.2) is 5.82 Å². The van der Waals surface area contributed by atoms with Crippen molar-refractivity contribution in [1.82, 2.24) is 24.8 Å². The summed E-state index contributed by atoms with van der Waals surface area (Å²) >= 11 is 0. The molecule has 9 nitrogen and oxygen atoms in total. The van der Waals surface area contributed by atoms with E-state index in [9.17, 15) is 13.6 Å². The van der Waals surface area contributed by atoms with Gasteiger partial charge in [-0.05, 0) is 44.9 Å². The average molecular weight is 486 g/mol. The third-order valence-electron chi connectivity index (χ3n) is 5.32. The van der Waals surface area contributed by atoms with Crippen LogP contribution >= 0.6 is 0 Å². The molecule has 0 aliphatic carbocycles. The first kappa shape index (κ1) is 25.8. The summed E-state index contributed by atoms with van der Waals surface area (Å²) in [6.07, 6.45) is 3.91. The maximum absolute atomic E-state index is 13.8. The van der Waals surface area contributed by atoms with Crippen molar-refractivity contribution in [1.29, 1.82) is 0 Å². The van der Waals surface area contributed by atoms with Crippen LogP contribution in [0, 0.1) is 0 Å². The summed E-state index contributed by atoms with van der Waals surface area (Å²) < 4.78 is 34.4. The number of aromatic nitrogens is 4.